The summed E-state index contributed by atoms with van der Waals surface area (Å²) in [7, 11) is 1.50. The highest BCUT2D eigenvalue weighted by atomic mass is 16.5. The molecule has 7 heteroatoms. The topological polar surface area (TPSA) is 63.3 Å². The maximum Gasteiger partial charge on any atom is 0.246 e. The van der Waals surface area contributed by atoms with Crippen molar-refractivity contribution in [3.63, 3.8) is 0 Å². The molecule has 0 spiro atoms. The minimum absolute atomic E-state index is 0.0920. The van der Waals surface area contributed by atoms with E-state index < -0.39 is 0 Å². The minimum Gasteiger partial charge on any atom is -0.378 e. The quantitative estimate of drug-likeness (QED) is 0.481. The Bertz CT molecular complexity index is 323. The largest absolute Gasteiger partial charge is 0.378 e. The highest BCUT2D eigenvalue weighted by Crippen LogP contribution is 2.08. The molecule has 1 atom stereocenters. The van der Waals surface area contributed by atoms with Gasteiger partial charge in [0.2, 0.25) is 5.91 Å². The molecule has 7 nitrogen and oxygen atoms in total. The third-order valence-electron chi connectivity index (χ3n) is 4.39. The van der Waals surface area contributed by atoms with Crippen LogP contribution in [0.5, 0.6) is 0 Å². The van der Waals surface area contributed by atoms with Crippen molar-refractivity contribution < 1.29 is 19.0 Å². The summed E-state index contributed by atoms with van der Waals surface area (Å²) in [5, 5.41) is 2.70. The van der Waals surface area contributed by atoms with Crippen LogP contribution < -0.4 is 5.32 Å². The Morgan fingerprint density at radius 1 is 1.08 bits per heavy atom. The van der Waals surface area contributed by atoms with Crippen LogP contribution in [-0.4, -0.2) is 101 Å². The third kappa shape index (κ3) is 9.54. The molecule has 1 fully saturated rings. The Balaban J connectivity index is 1.87. The van der Waals surface area contributed by atoms with Crippen LogP contribution in [0.25, 0.3) is 0 Å². The van der Waals surface area contributed by atoms with Gasteiger partial charge in [-0.1, -0.05) is 6.92 Å². The number of hydrogen-bond acceptors (Lipinski definition) is 6. The molecule has 1 aliphatic rings. The molecule has 0 aromatic rings. The average molecular weight is 345 g/mol. The van der Waals surface area contributed by atoms with Gasteiger partial charge in [-0.3, -0.25) is 14.6 Å². The van der Waals surface area contributed by atoms with Gasteiger partial charge in [-0.15, -0.1) is 0 Å². The van der Waals surface area contributed by atoms with Crippen LogP contribution >= 0.6 is 0 Å². The van der Waals surface area contributed by atoms with Crippen LogP contribution in [-0.2, 0) is 19.0 Å². The standard InChI is InChI=1S/C17H35N3O4/c1-4-16(2)20-8-6-19(7-9-20)10-12-24-14-13-23-11-5-18-17(21)15-22-3/h16H,4-15H2,1-3H3,(H,18,21). The van der Waals surface area contributed by atoms with Crippen LogP contribution in [0.1, 0.15) is 20.3 Å². The van der Waals surface area contributed by atoms with E-state index in [0.717, 1.165) is 39.3 Å². The number of nitrogens with one attached hydrogen (secondary N) is 1. The molecule has 0 aromatic carbocycles. The van der Waals surface area contributed by atoms with E-state index in [2.05, 4.69) is 29.0 Å². The van der Waals surface area contributed by atoms with Crippen LogP contribution in [0.4, 0.5) is 0 Å². The molecule has 1 rings (SSSR count). The first-order valence-electron chi connectivity index (χ1n) is 9.04. The molecule has 0 bridgehead atoms. The zero-order valence-corrected chi connectivity index (χ0v) is 15.6. The predicted molar refractivity (Wildman–Crippen MR) is 94.3 cm³/mol. The zero-order valence-electron chi connectivity index (χ0n) is 15.6. The summed E-state index contributed by atoms with van der Waals surface area (Å²) in [6.07, 6.45) is 1.22. The number of rotatable bonds is 13. The molecule has 0 saturated carbocycles. The van der Waals surface area contributed by atoms with Gasteiger partial charge in [0, 0.05) is 52.4 Å². The van der Waals surface area contributed by atoms with E-state index in [1.54, 1.807) is 0 Å². The molecule has 0 radical (unpaired) electrons. The van der Waals surface area contributed by atoms with Crippen molar-refractivity contribution in [3.05, 3.63) is 0 Å². The third-order valence-corrected chi connectivity index (χ3v) is 4.39. The van der Waals surface area contributed by atoms with Gasteiger partial charge in [-0.2, -0.15) is 0 Å². The Morgan fingerprint density at radius 2 is 1.75 bits per heavy atom. The van der Waals surface area contributed by atoms with Crippen molar-refractivity contribution in [2.45, 2.75) is 26.3 Å². The summed E-state index contributed by atoms with van der Waals surface area (Å²) in [4.78, 5) is 16.1. The van der Waals surface area contributed by atoms with E-state index in [0.29, 0.717) is 32.4 Å². The zero-order chi connectivity index (χ0) is 17.6. The number of piperazine rings is 1. The summed E-state index contributed by atoms with van der Waals surface area (Å²) >= 11 is 0. The van der Waals surface area contributed by atoms with Crippen LogP contribution in [0, 0.1) is 0 Å². The van der Waals surface area contributed by atoms with Gasteiger partial charge < -0.3 is 19.5 Å². The van der Waals surface area contributed by atoms with Crippen LogP contribution in [0.15, 0.2) is 0 Å². The molecule has 1 unspecified atom stereocenters. The van der Waals surface area contributed by atoms with Crippen LogP contribution in [0.2, 0.25) is 0 Å². The number of carbonyl (C=O) groups is 1. The molecule has 1 saturated heterocycles. The number of amides is 1. The molecular formula is C17H35N3O4. The van der Waals surface area contributed by atoms with Crippen molar-refractivity contribution in [2.75, 3.05) is 79.4 Å². The smallest absolute Gasteiger partial charge is 0.246 e. The fourth-order valence-corrected chi connectivity index (χ4v) is 2.65. The second kappa shape index (κ2) is 13.5. The lowest BCUT2D eigenvalue weighted by Crippen LogP contribution is -2.50. The highest BCUT2D eigenvalue weighted by Gasteiger charge is 2.19. The Hall–Kier alpha value is -0.730. The molecule has 1 heterocycles. The lowest BCUT2D eigenvalue weighted by Gasteiger charge is -2.37. The van der Waals surface area contributed by atoms with Gasteiger partial charge in [-0.25, -0.2) is 0 Å². The van der Waals surface area contributed by atoms with Crippen molar-refractivity contribution in [1.82, 2.24) is 15.1 Å². The molecule has 1 amide bonds. The maximum absolute atomic E-state index is 11.1. The lowest BCUT2D eigenvalue weighted by atomic mass is 10.2. The first kappa shape index (κ1) is 21.3. The second-order valence-corrected chi connectivity index (χ2v) is 6.14. The maximum atomic E-state index is 11.1. The highest BCUT2D eigenvalue weighted by molar-refractivity contribution is 5.77. The number of nitrogens with zero attached hydrogens (tertiary/aromatic N) is 2. The Kier molecular flexibility index (Phi) is 12.0. The fourth-order valence-electron chi connectivity index (χ4n) is 2.65. The SMILES string of the molecule is CCC(C)N1CCN(CCOCCOCCNC(=O)COC)CC1. The number of hydrogen-bond donors (Lipinski definition) is 1. The van der Waals surface area contributed by atoms with Crippen LogP contribution in [0.3, 0.4) is 0 Å². The van der Waals surface area contributed by atoms with Crippen molar-refractivity contribution in [3.8, 4) is 0 Å². The molecule has 0 aromatic heterocycles. The predicted octanol–water partition coefficient (Wildman–Crippen LogP) is 0.198. The first-order valence-corrected chi connectivity index (χ1v) is 9.04. The number of ether oxygens (including phenoxy) is 3. The summed E-state index contributed by atoms with van der Waals surface area (Å²) in [5.41, 5.74) is 0. The molecule has 24 heavy (non-hydrogen) atoms. The van der Waals surface area contributed by atoms with Gasteiger partial charge in [0.1, 0.15) is 6.61 Å². The van der Waals surface area contributed by atoms with E-state index in [1.807, 2.05) is 0 Å². The molecule has 142 valence electrons. The van der Waals surface area contributed by atoms with Crippen molar-refractivity contribution in [1.29, 1.82) is 0 Å². The molecule has 1 aliphatic heterocycles. The normalized spacial score (nSPS) is 17.8. The van der Waals surface area contributed by atoms with Crippen molar-refractivity contribution in [2.24, 2.45) is 0 Å². The fraction of sp³-hybridized carbons (Fsp3) is 0.941. The summed E-state index contributed by atoms with van der Waals surface area (Å²) < 4.78 is 15.7. The number of methoxy groups -OCH3 is 1. The van der Waals surface area contributed by atoms with Gasteiger partial charge in [-0.05, 0) is 13.3 Å². The number of carbonyl (C=O) groups excluding carboxylic acids is 1. The van der Waals surface area contributed by atoms with E-state index in [1.165, 1.54) is 13.5 Å². The molecule has 1 N–H and O–H groups in total. The van der Waals surface area contributed by atoms with E-state index in [4.69, 9.17) is 14.2 Å². The monoisotopic (exact) mass is 345 g/mol. The Labute approximate surface area is 146 Å². The first-order chi connectivity index (χ1) is 11.7. The summed E-state index contributed by atoms with van der Waals surface area (Å²) in [6, 6.07) is 0.694. The van der Waals surface area contributed by atoms with Crippen molar-refractivity contribution >= 4 is 5.91 Å². The van der Waals surface area contributed by atoms with E-state index in [-0.39, 0.29) is 12.5 Å². The molecule has 0 aliphatic carbocycles. The van der Waals surface area contributed by atoms with E-state index >= 15 is 0 Å². The van der Waals surface area contributed by atoms with Gasteiger partial charge in [0.05, 0.1) is 26.4 Å². The minimum atomic E-state index is -0.120. The van der Waals surface area contributed by atoms with Gasteiger partial charge >= 0.3 is 0 Å². The lowest BCUT2D eigenvalue weighted by molar-refractivity contribution is -0.124. The van der Waals surface area contributed by atoms with Gasteiger partial charge in [0.25, 0.3) is 0 Å². The second-order valence-electron chi connectivity index (χ2n) is 6.14. The Morgan fingerprint density at radius 3 is 2.38 bits per heavy atom. The van der Waals surface area contributed by atoms with E-state index in [9.17, 15) is 4.79 Å². The molecular weight excluding hydrogens is 310 g/mol. The van der Waals surface area contributed by atoms with Gasteiger partial charge in [0.15, 0.2) is 0 Å². The average Bonchev–Trinajstić information content (AvgIpc) is 2.60. The summed E-state index contributed by atoms with van der Waals surface area (Å²) in [6.45, 7) is 13.1. The summed E-state index contributed by atoms with van der Waals surface area (Å²) in [5.74, 6) is -0.120.